The van der Waals surface area contributed by atoms with Gasteiger partial charge in [-0.1, -0.05) is 5.16 Å². The summed E-state index contributed by atoms with van der Waals surface area (Å²) >= 11 is 5.45. The molecule has 0 radical (unpaired) electrons. The standard InChI is InChI=1S/C6H10ClN3O/c7-3-6(8)10-2-1-5(4-10)9-11/h8,11H,1-4H2. The first-order chi connectivity index (χ1) is 5.27. The smallest absolute Gasteiger partial charge is 0.111 e. The zero-order chi connectivity index (χ0) is 8.27. The molecule has 0 unspecified atom stereocenters. The SMILES string of the molecule is N=C(CCl)N1CCC(=NO)C1. The van der Waals surface area contributed by atoms with Gasteiger partial charge in [0.25, 0.3) is 0 Å². The summed E-state index contributed by atoms with van der Waals surface area (Å²) in [5.41, 5.74) is 0.722. The van der Waals surface area contributed by atoms with E-state index in [0.29, 0.717) is 12.4 Å². The van der Waals surface area contributed by atoms with Crippen molar-refractivity contribution in [2.24, 2.45) is 5.16 Å². The minimum Gasteiger partial charge on any atom is -0.411 e. The van der Waals surface area contributed by atoms with E-state index in [-0.39, 0.29) is 5.88 Å². The average Bonchev–Trinajstić information content (AvgIpc) is 2.50. The summed E-state index contributed by atoms with van der Waals surface area (Å²) in [4.78, 5) is 1.79. The number of hydrogen-bond acceptors (Lipinski definition) is 3. The normalized spacial score (nSPS) is 21.2. The highest BCUT2D eigenvalue weighted by molar-refractivity contribution is 6.27. The molecule has 1 rings (SSSR count). The van der Waals surface area contributed by atoms with E-state index in [1.807, 2.05) is 0 Å². The Labute approximate surface area is 70.0 Å². The number of amidine groups is 1. The van der Waals surface area contributed by atoms with E-state index in [2.05, 4.69) is 5.16 Å². The second-order valence-electron chi connectivity index (χ2n) is 2.42. The molecule has 0 aromatic rings. The Hall–Kier alpha value is -0.770. The summed E-state index contributed by atoms with van der Waals surface area (Å²) in [5, 5.41) is 18.8. The molecule has 0 atom stereocenters. The lowest BCUT2D eigenvalue weighted by molar-refractivity contribution is 0.317. The fraction of sp³-hybridized carbons (Fsp3) is 0.667. The predicted octanol–water partition coefficient (Wildman–Crippen LogP) is 0.738. The second-order valence-corrected chi connectivity index (χ2v) is 2.69. The highest BCUT2D eigenvalue weighted by Gasteiger charge is 2.19. The Kier molecular flexibility index (Phi) is 2.70. The molecule has 0 bridgehead atoms. The van der Waals surface area contributed by atoms with E-state index < -0.39 is 0 Å². The number of halogens is 1. The molecule has 62 valence electrons. The highest BCUT2D eigenvalue weighted by atomic mass is 35.5. The number of hydrogen-bond donors (Lipinski definition) is 2. The lowest BCUT2D eigenvalue weighted by Crippen LogP contribution is -2.28. The fourth-order valence-electron chi connectivity index (χ4n) is 1.04. The molecule has 4 nitrogen and oxygen atoms in total. The van der Waals surface area contributed by atoms with Crippen LogP contribution in [0.5, 0.6) is 0 Å². The van der Waals surface area contributed by atoms with Crippen LogP contribution in [0.1, 0.15) is 6.42 Å². The van der Waals surface area contributed by atoms with Crippen molar-refractivity contribution in [3.8, 4) is 0 Å². The van der Waals surface area contributed by atoms with Crippen molar-refractivity contribution in [2.75, 3.05) is 19.0 Å². The molecule has 1 heterocycles. The van der Waals surface area contributed by atoms with Gasteiger partial charge in [0, 0.05) is 13.0 Å². The van der Waals surface area contributed by atoms with Crippen LogP contribution in [0.25, 0.3) is 0 Å². The molecule has 11 heavy (non-hydrogen) atoms. The maximum atomic E-state index is 8.40. The van der Waals surface area contributed by atoms with Crippen LogP contribution in [0.4, 0.5) is 0 Å². The zero-order valence-corrected chi connectivity index (χ0v) is 6.80. The molecular weight excluding hydrogens is 166 g/mol. The molecule has 0 amide bonds. The molecule has 5 heteroatoms. The van der Waals surface area contributed by atoms with E-state index in [9.17, 15) is 0 Å². The summed E-state index contributed by atoms with van der Waals surface area (Å²) in [5.74, 6) is 0.615. The molecular formula is C6H10ClN3O. The van der Waals surface area contributed by atoms with E-state index in [4.69, 9.17) is 22.2 Å². The molecule has 1 aliphatic heterocycles. The number of nitrogens with zero attached hydrogens (tertiary/aromatic N) is 2. The van der Waals surface area contributed by atoms with Gasteiger partial charge in [-0.3, -0.25) is 5.41 Å². The largest absolute Gasteiger partial charge is 0.411 e. The van der Waals surface area contributed by atoms with Gasteiger partial charge in [0.2, 0.25) is 0 Å². The van der Waals surface area contributed by atoms with Gasteiger partial charge in [-0.15, -0.1) is 11.6 Å². The molecule has 1 fully saturated rings. The Morgan fingerprint density at radius 3 is 3.00 bits per heavy atom. The van der Waals surface area contributed by atoms with Crippen molar-refractivity contribution in [1.82, 2.24) is 4.90 Å². The molecule has 2 N–H and O–H groups in total. The van der Waals surface area contributed by atoms with Gasteiger partial charge in [0.15, 0.2) is 0 Å². The van der Waals surface area contributed by atoms with E-state index in [0.717, 1.165) is 18.7 Å². The quantitative estimate of drug-likeness (QED) is 0.203. The first-order valence-corrected chi connectivity index (χ1v) is 3.89. The van der Waals surface area contributed by atoms with Crippen LogP contribution in [0.3, 0.4) is 0 Å². The first-order valence-electron chi connectivity index (χ1n) is 3.36. The molecule has 1 aliphatic rings. The number of oxime groups is 1. The first kappa shape index (κ1) is 8.33. The third-order valence-corrected chi connectivity index (χ3v) is 1.95. The van der Waals surface area contributed by atoms with Crippen molar-refractivity contribution in [2.45, 2.75) is 6.42 Å². The van der Waals surface area contributed by atoms with Crippen LogP contribution in [0.2, 0.25) is 0 Å². The third kappa shape index (κ3) is 1.83. The van der Waals surface area contributed by atoms with Gasteiger partial charge in [-0.2, -0.15) is 0 Å². The minimum atomic E-state index is 0.221. The minimum absolute atomic E-state index is 0.221. The van der Waals surface area contributed by atoms with Crippen LogP contribution < -0.4 is 0 Å². The number of alkyl halides is 1. The summed E-state index contributed by atoms with van der Waals surface area (Å²) in [6, 6.07) is 0. The summed E-state index contributed by atoms with van der Waals surface area (Å²) in [6.45, 7) is 1.28. The Balaban J connectivity index is 2.48. The summed E-state index contributed by atoms with van der Waals surface area (Å²) in [6.07, 6.45) is 0.732. The van der Waals surface area contributed by atoms with Crippen molar-refractivity contribution in [3.05, 3.63) is 0 Å². The Bertz CT molecular complexity index is 192. The number of nitrogens with one attached hydrogen (secondary N) is 1. The fourth-order valence-corrected chi connectivity index (χ4v) is 1.21. The van der Waals surface area contributed by atoms with Crippen LogP contribution in [-0.4, -0.2) is 40.6 Å². The lowest BCUT2D eigenvalue weighted by Gasteiger charge is -2.14. The molecule has 0 aromatic carbocycles. The second kappa shape index (κ2) is 3.57. The van der Waals surface area contributed by atoms with Crippen LogP contribution >= 0.6 is 11.6 Å². The molecule has 1 saturated heterocycles. The lowest BCUT2D eigenvalue weighted by atomic mass is 10.3. The van der Waals surface area contributed by atoms with E-state index >= 15 is 0 Å². The predicted molar refractivity (Wildman–Crippen MR) is 43.9 cm³/mol. The summed E-state index contributed by atoms with van der Waals surface area (Å²) < 4.78 is 0. The van der Waals surface area contributed by atoms with Gasteiger partial charge in [-0.05, 0) is 0 Å². The van der Waals surface area contributed by atoms with E-state index in [1.165, 1.54) is 0 Å². The summed E-state index contributed by atoms with van der Waals surface area (Å²) in [7, 11) is 0. The Morgan fingerprint density at radius 2 is 2.55 bits per heavy atom. The highest BCUT2D eigenvalue weighted by Crippen LogP contribution is 2.06. The van der Waals surface area contributed by atoms with E-state index in [1.54, 1.807) is 4.90 Å². The van der Waals surface area contributed by atoms with Gasteiger partial charge < -0.3 is 10.1 Å². The van der Waals surface area contributed by atoms with Crippen molar-refractivity contribution < 1.29 is 5.21 Å². The molecule has 0 aliphatic carbocycles. The van der Waals surface area contributed by atoms with Gasteiger partial charge >= 0.3 is 0 Å². The maximum Gasteiger partial charge on any atom is 0.111 e. The van der Waals surface area contributed by atoms with Crippen molar-refractivity contribution >= 4 is 23.1 Å². The van der Waals surface area contributed by atoms with Gasteiger partial charge in [-0.25, -0.2) is 0 Å². The molecule has 0 saturated carbocycles. The zero-order valence-electron chi connectivity index (χ0n) is 6.05. The molecule has 0 aromatic heterocycles. The van der Waals surface area contributed by atoms with Crippen LogP contribution in [-0.2, 0) is 0 Å². The van der Waals surface area contributed by atoms with Crippen LogP contribution in [0.15, 0.2) is 5.16 Å². The number of likely N-dealkylation sites (tertiary alicyclic amines) is 1. The monoisotopic (exact) mass is 175 g/mol. The average molecular weight is 176 g/mol. The maximum absolute atomic E-state index is 8.40. The van der Waals surface area contributed by atoms with Gasteiger partial charge in [0.05, 0.1) is 18.1 Å². The number of rotatable bonds is 1. The van der Waals surface area contributed by atoms with Crippen LogP contribution in [0, 0.1) is 5.41 Å². The van der Waals surface area contributed by atoms with Crippen molar-refractivity contribution in [3.63, 3.8) is 0 Å². The molecule has 0 spiro atoms. The third-order valence-electron chi connectivity index (χ3n) is 1.69. The van der Waals surface area contributed by atoms with Gasteiger partial charge in [0.1, 0.15) is 5.84 Å². The van der Waals surface area contributed by atoms with Crippen molar-refractivity contribution in [1.29, 1.82) is 5.41 Å². The topological polar surface area (TPSA) is 59.7 Å². The Morgan fingerprint density at radius 1 is 1.82 bits per heavy atom.